The normalized spacial score (nSPS) is 31.1. The second kappa shape index (κ2) is 7.17. The molecule has 0 aliphatic carbocycles. The quantitative estimate of drug-likeness (QED) is 0.775. The highest BCUT2D eigenvalue weighted by Crippen LogP contribution is 2.16. The number of rotatable bonds is 4. The van der Waals surface area contributed by atoms with Gasteiger partial charge in [0, 0.05) is 32.2 Å². The number of nitrogens with one attached hydrogen (secondary N) is 1. The first-order chi connectivity index (χ1) is 9.49. The molecule has 118 valence electrons. The zero-order valence-corrected chi connectivity index (χ0v) is 13.1. The van der Waals surface area contributed by atoms with Crippen LogP contribution in [-0.2, 0) is 10.2 Å². The number of aliphatic hydroxyl groups excluding tert-OH is 1. The molecule has 0 saturated carbocycles. The van der Waals surface area contributed by atoms with Gasteiger partial charge in [-0.2, -0.15) is 12.7 Å². The Balaban J connectivity index is 1.86. The number of nitrogens with zero attached hydrogens (tertiary/aromatic N) is 2. The van der Waals surface area contributed by atoms with Crippen LogP contribution in [0.2, 0.25) is 0 Å². The predicted octanol–water partition coefficient (Wildman–Crippen LogP) is 0.152. The minimum atomic E-state index is -3.38. The molecule has 2 atom stereocenters. The van der Waals surface area contributed by atoms with E-state index in [1.54, 1.807) is 4.31 Å². The molecule has 2 fully saturated rings. The van der Waals surface area contributed by atoms with Gasteiger partial charge in [0.05, 0.1) is 6.10 Å². The van der Waals surface area contributed by atoms with Crippen LogP contribution in [0, 0.1) is 0 Å². The summed E-state index contributed by atoms with van der Waals surface area (Å²) in [6.07, 6.45) is 5.64. The van der Waals surface area contributed by atoms with Gasteiger partial charge in [0.15, 0.2) is 0 Å². The Hall–Kier alpha value is -0.210. The van der Waals surface area contributed by atoms with Gasteiger partial charge in [-0.1, -0.05) is 19.3 Å². The zero-order valence-electron chi connectivity index (χ0n) is 12.3. The highest BCUT2D eigenvalue weighted by molar-refractivity contribution is 7.87. The number of likely N-dealkylation sites (tertiary alicyclic amines) is 1. The van der Waals surface area contributed by atoms with E-state index in [1.807, 2.05) is 11.9 Å². The lowest BCUT2D eigenvalue weighted by molar-refractivity contribution is 0.182. The third-order valence-electron chi connectivity index (χ3n) is 4.32. The molecule has 2 rings (SSSR count). The molecule has 2 aliphatic rings. The van der Waals surface area contributed by atoms with Crippen LogP contribution in [-0.4, -0.2) is 68.1 Å². The van der Waals surface area contributed by atoms with Gasteiger partial charge in [0.1, 0.15) is 0 Å². The smallest absolute Gasteiger partial charge is 0.279 e. The SMILES string of the molecule is CN1CC(O)CC1CNS(=O)(=O)N1CCCCCCC1. The highest BCUT2D eigenvalue weighted by atomic mass is 32.2. The van der Waals surface area contributed by atoms with Crippen molar-refractivity contribution in [3.63, 3.8) is 0 Å². The van der Waals surface area contributed by atoms with Crippen LogP contribution in [0.5, 0.6) is 0 Å². The first kappa shape index (κ1) is 16.2. The standard InChI is InChI=1S/C13H27N3O3S/c1-15-11-13(17)9-12(15)10-14-20(18,19)16-7-5-3-2-4-6-8-16/h12-14,17H,2-11H2,1H3. The summed E-state index contributed by atoms with van der Waals surface area (Å²) in [6, 6.07) is 0.0922. The maximum atomic E-state index is 12.3. The Morgan fingerprint density at radius 3 is 2.30 bits per heavy atom. The van der Waals surface area contributed by atoms with Crippen molar-refractivity contribution in [3.05, 3.63) is 0 Å². The summed E-state index contributed by atoms with van der Waals surface area (Å²) < 4.78 is 29.0. The Bertz CT molecular complexity index is 394. The molecule has 20 heavy (non-hydrogen) atoms. The van der Waals surface area contributed by atoms with Crippen LogP contribution >= 0.6 is 0 Å². The minimum Gasteiger partial charge on any atom is -0.392 e. The molecule has 2 saturated heterocycles. The highest BCUT2D eigenvalue weighted by Gasteiger charge is 2.30. The van der Waals surface area contributed by atoms with Crippen molar-refractivity contribution in [1.82, 2.24) is 13.9 Å². The Labute approximate surface area is 122 Å². The van der Waals surface area contributed by atoms with Gasteiger partial charge in [-0.15, -0.1) is 0 Å². The van der Waals surface area contributed by atoms with E-state index < -0.39 is 10.2 Å². The topological polar surface area (TPSA) is 72.9 Å². The van der Waals surface area contributed by atoms with Gasteiger partial charge in [-0.25, -0.2) is 4.72 Å². The fourth-order valence-electron chi connectivity index (χ4n) is 3.04. The van der Waals surface area contributed by atoms with E-state index >= 15 is 0 Å². The van der Waals surface area contributed by atoms with Crippen molar-refractivity contribution in [3.8, 4) is 0 Å². The molecule has 2 unspecified atom stereocenters. The van der Waals surface area contributed by atoms with Crippen LogP contribution in [0.4, 0.5) is 0 Å². The summed E-state index contributed by atoms with van der Waals surface area (Å²) in [7, 11) is -1.45. The minimum absolute atomic E-state index is 0.0922. The Morgan fingerprint density at radius 2 is 1.75 bits per heavy atom. The maximum Gasteiger partial charge on any atom is 0.279 e. The number of likely N-dealkylation sites (N-methyl/N-ethyl adjacent to an activating group) is 1. The van der Waals surface area contributed by atoms with Gasteiger partial charge in [-0.3, -0.25) is 4.90 Å². The molecule has 2 aliphatic heterocycles. The van der Waals surface area contributed by atoms with E-state index in [-0.39, 0.29) is 12.1 Å². The van der Waals surface area contributed by atoms with Gasteiger partial charge < -0.3 is 5.11 Å². The first-order valence-corrected chi connectivity index (χ1v) is 9.06. The number of aliphatic hydroxyl groups is 1. The fourth-order valence-corrected chi connectivity index (χ4v) is 4.37. The lowest BCUT2D eigenvalue weighted by Gasteiger charge is -2.26. The molecule has 0 bridgehead atoms. The van der Waals surface area contributed by atoms with Crippen LogP contribution in [0.3, 0.4) is 0 Å². The third-order valence-corrected chi connectivity index (χ3v) is 5.90. The molecular weight excluding hydrogens is 278 g/mol. The number of β-amino-alcohol motifs (C(OH)–C–C–N with tert-alkyl or cyclic N) is 1. The summed E-state index contributed by atoms with van der Waals surface area (Å²) in [4.78, 5) is 2.01. The van der Waals surface area contributed by atoms with E-state index in [9.17, 15) is 13.5 Å². The zero-order chi connectivity index (χ0) is 14.6. The van der Waals surface area contributed by atoms with E-state index in [4.69, 9.17) is 0 Å². The van der Waals surface area contributed by atoms with Crippen molar-refractivity contribution in [2.75, 3.05) is 33.2 Å². The van der Waals surface area contributed by atoms with E-state index in [0.29, 0.717) is 32.6 Å². The molecular formula is C13H27N3O3S. The lowest BCUT2D eigenvalue weighted by atomic mass is 10.1. The van der Waals surface area contributed by atoms with Crippen molar-refractivity contribution in [2.45, 2.75) is 50.7 Å². The van der Waals surface area contributed by atoms with Crippen LogP contribution in [0.25, 0.3) is 0 Å². The van der Waals surface area contributed by atoms with Gasteiger partial charge in [-0.05, 0) is 26.3 Å². The molecule has 0 aromatic heterocycles. The summed E-state index contributed by atoms with van der Waals surface area (Å²) in [5, 5.41) is 9.59. The maximum absolute atomic E-state index is 12.3. The third kappa shape index (κ3) is 4.39. The fraction of sp³-hybridized carbons (Fsp3) is 1.00. The molecule has 2 N–H and O–H groups in total. The first-order valence-electron chi connectivity index (χ1n) is 7.62. The van der Waals surface area contributed by atoms with Crippen LogP contribution in [0.1, 0.15) is 38.5 Å². The summed E-state index contributed by atoms with van der Waals surface area (Å²) in [5.41, 5.74) is 0. The second-order valence-electron chi connectivity index (χ2n) is 6.00. The van der Waals surface area contributed by atoms with E-state index in [2.05, 4.69) is 4.72 Å². The van der Waals surface area contributed by atoms with E-state index in [1.165, 1.54) is 6.42 Å². The molecule has 2 heterocycles. The largest absolute Gasteiger partial charge is 0.392 e. The van der Waals surface area contributed by atoms with Crippen molar-refractivity contribution >= 4 is 10.2 Å². The van der Waals surface area contributed by atoms with Crippen molar-refractivity contribution < 1.29 is 13.5 Å². The van der Waals surface area contributed by atoms with Crippen LogP contribution < -0.4 is 4.72 Å². The summed E-state index contributed by atoms with van der Waals surface area (Å²) >= 11 is 0. The lowest BCUT2D eigenvalue weighted by Crippen LogP contribution is -2.46. The molecule has 6 nitrogen and oxygen atoms in total. The van der Waals surface area contributed by atoms with Crippen LogP contribution in [0.15, 0.2) is 0 Å². The van der Waals surface area contributed by atoms with Gasteiger partial charge in [0.25, 0.3) is 10.2 Å². The number of hydrogen-bond acceptors (Lipinski definition) is 4. The number of hydrogen-bond donors (Lipinski definition) is 2. The Kier molecular flexibility index (Phi) is 5.80. The molecule has 0 aromatic rings. The van der Waals surface area contributed by atoms with Gasteiger partial charge in [0.2, 0.25) is 0 Å². The van der Waals surface area contributed by atoms with Crippen molar-refractivity contribution in [2.24, 2.45) is 0 Å². The average molecular weight is 305 g/mol. The monoisotopic (exact) mass is 305 g/mol. The molecule has 0 radical (unpaired) electrons. The summed E-state index contributed by atoms with van der Waals surface area (Å²) in [5.74, 6) is 0. The molecule has 0 aromatic carbocycles. The molecule has 0 spiro atoms. The van der Waals surface area contributed by atoms with Gasteiger partial charge >= 0.3 is 0 Å². The molecule has 7 heteroatoms. The Morgan fingerprint density at radius 1 is 1.15 bits per heavy atom. The van der Waals surface area contributed by atoms with Crippen molar-refractivity contribution in [1.29, 1.82) is 0 Å². The van der Waals surface area contributed by atoms with E-state index in [0.717, 1.165) is 25.7 Å². The summed E-state index contributed by atoms with van der Waals surface area (Å²) in [6.45, 7) is 2.25. The molecule has 0 amide bonds. The average Bonchev–Trinajstić information content (AvgIpc) is 2.64. The second-order valence-corrected chi connectivity index (χ2v) is 7.76. The predicted molar refractivity (Wildman–Crippen MR) is 78.6 cm³/mol.